The molecule has 1 aromatic rings. The molecule has 0 unspecified atom stereocenters. The van der Waals surface area contributed by atoms with Gasteiger partial charge in [-0.3, -0.25) is 4.79 Å². The standard InChI is InChI=1S/C6H5Cl2NO/c1-9-3-2-4(10)5(7)6(9)8/h2-3H,1H3. The average molecular weight is 178 g/mol. The van der Waals surface area contributed by atoms with Crippen LogP contribution in [0.3, 0.4) is 0 Å². The van der Waals surface area contributed by atoms with Crippen molar-refractivity contribution >= 4 is 23.2 Å². The molecular weight excluding hydrogens is 173 g/mol. The van der Waals surface area contributed by atoms with Crippen molar-refractivity contribution < 1.29 is 0 Å². The second-order valence-electron chi connectivity index (χ2n) is 1.90. The van der Waals surface area contributed by atoms with E-state index in [-0.39, 0.29) is 15.6 Å². The molecule has 0 aliphatic carbocycles. The van der Waals surface area contributed by atoms with E-state index in [9.17, 15) is 4.79 Å². The van der Waals surface area contributed by atoms with Gasteiger partial charge in [0.15, 0.2) is 0 Å². The number of aromatic nitrogens is 1. The van der Waals surface area contributed by atoms with E-state index in [0.717, 1.165) is 0 Å². The second kappa shape index (κ2) is 2.64. The molecule has 10 heavy (non-hydrogen) atoms. The summed E-state index contributed by atoms with van der Waals surface area (Å²) in [6.07, 6.45) is 1.57. The minimum absolute atomic E-state index is 0.0756. The van der Waals surface area contributed by atoms with Crippen molar-refractivity contribution in [1.29, 1.82) is 0 Å². The molecule has 0 amide bonds. The van der Waals surface area contributed by atoms with E-state index in [0.29, 0.717) is 0 Å². The lowest BCUT2D eigenvalue weighted by Gasteiger charge is -2.00. The molecule has 0 saturated carbocycles. The van der Waals surface area contributed by atoms with Crippen LogP contribution in [0, 0.1) is 0 Å². The largest absolute Gasteiger partial charge is 0.340 e. The van der Waals surface area contributed by atoms with Gasteiger partial charge in [0.1, 0.15) is 10.2 Å². The molecule has 0 fully saturated rings. The van der Waals surface area contributed by atoms with E-state index in [1.54, 1.807) is 17.8 Å². The molecule has 0 aromatic carbocycles. The molecule has 0 N–H and O–H groups in total. The molecule has 0 aliphatic rings. The van der Waals surface area contributed by atoms with Crippen LogP contribution in [0.4, 0.5) is 0 Å². The number of hydrogen-bond acceptors (Lipinski definition) is 1. The zero-order valence-electron chi connectivity index (χ0n) is 5.27. The molecule has 0 atom stereocenters. The van der Waals surface area contributed by atoms with Crippen LogP contribution in [0.1, 0.15) is 0 Å². The van der Waals surface area contributed by atoms with Crippen LogP contribution in [0.15, 0.2) is 17.1 Å². The molecule has 0 bridgehead atoms. The molecule has 0 aliphatic heterocycles. The fourth-order valence-corrected chi connectivity index (χ4v) is 0.920. The van der Waals surface area contributed by atoms with Gasteiger partial charge in [0.2, 0.25) is 5.43 Å². The van der Waals surface area contributed by atoms with Gasteiger partial charge in [0, 0.05) is 19.3 Å². The lowest BCUT2D eigenvalue weighted by atomic mass is 10.5. The second-order valence-corrected chi connectivity index (χ2v) is 2.63. The van der Waals surface area contributed by atoms with Gasteiger partial charge in [0.25, 0.3) is 0 Å². The molecule has 2 nitrogen and oxygen atoms in total. The minimum Gasteiger partial charge on any atom is -0.340 e. The zero-order chi connectivity index (χ0) is 7.72. The molecular formula is C6H5Cl2NO. The number of aryl methyl sites for hydroxylation is 1. The molecule has 0 spiro atoms. The quantitative estimate of drug-likeness (QED) is 0.554. The monoisotopic (exact) mass is 177 g/mol. The first-order valence-electron chi connectivity index (χ1n) is 2.63. The molecule has 1 rings (SSSR count). The summed E-state index contributed by atoms with van der Waals surface area (Å²) >= 11 is 11.1. The summed E-state index contributed by atoms with van der Waals surface area (Å²) in [4.78, 5) is 10.8. The van der Waals surface area contributed by atoms with E-state index in [1.807, 2.05) is 0 Å². The molecule has 4 heteroatoms. The Morgan fingerprint density at radius 2 is 2.10 bits per heavy atom. The molecule has 54 valence electrons. The number of pyridine rings is 1. The molecule has 1 heterocycles. The van der Waals surface area contributed by atoms with Gasteiger partial charge in [-0.05, 0) is 0 Å². The van der Waals surface area contributed by atoms with E-state index < -0.39 is 0 Å². The third kappa shape index (κ3) is 1.18. The SMILES string of the molecule is Cn1ccc(=O)c(Cl)c1Cl. The highest BCUT2D eigenvalue weighted by atomic mass is 35.5. The van der Waals surface area contributed by atoms with Gasteiger partial charge in [-0.2, -0.15) is 0 Å². The summed E-state index contributed by atoms with van der Waals surface area (Å²) in [5, 5.41) is 0.348. The van der Waals surface area contributed by atoms with Crippen LogP contribution in [0.25, 0.3) is 0 Å². The van der Waals surface area contributed by atoms with Gasteiger partial charge in [-0.25, -0.2) is 0 Å². The van der Waals surface area contributed by atoms with E-state index in [2.05, 4.69) is 0 Å². The first-order chi connectivity index (χ1) is 4.63. The predicted octanol–water partition coefficient (Wildman–Crippen LogP) is 1.69. The third-order valence-corrected chi connectivity index (χ3v) is 2.07. The Balaban J connectivity index is 3.49. The minimum atomic E-state index is -0.246. The number of halogens is 2. The summed E-state index contributed by atoms with van der Waals surface area (Å²) in [5.74, 6) is 0. The molecule has 0 radical (unpaired) electrons. The van der Waals surface area contributed by atoms with Crippen LogP contribution in [-0.2, 0) is 7.05 Å². The summed E-state index contributed by atoms with van der Waals surface area (Å²) in [6.45, 7) is 0. The Hall–Kier alpha value is -0.470. The topological polar surface area (TPSA) is 22.0 Å². The van der Waals surface area contributed by atoms with Crippen LogP contribution in [0.2, 0.25) is 10.2 Å². The van der Waals surface area contributed by atoms with Crippen LogP contribution in [0.5, 0.6) is 0 Å². The van der Waals surface area contributed by atoms with Crippen molar-refractivity contribution in [2.24, 2.45) is 7.05 Å². The average Bonchev–Trinajstić information content (AvgIpc) is 1.93. The highest BCUT2D eigenvalue weighted by Crippen LogP contribution is 2.14. The Morgan fingerprint density at radius 3 is 2.60 bits per heavy atom. The van der Waals surface area contributed by atoms with Crippen LogP contribution < -0.4 is 5.43 Å². The maximum absolute atomic E-state index is 10.8. The Bertz CT molecular complexity index is 305. The van der Waals surface area contributed by atoms with Crippen LogP contribution in [-0.4, -0.2) is 4.57 Å². The smallest absolute Gasteiger partial charge is 0.201 e. The van der Waals surface area contributed by atoms with Gasteiger partial charge in [-0.15, -0.1) is 0 Å². The first kappa shape index (κ1) is 7.63. The van der Waals surface area contributed by atoms with Crippen LogP contribution >= 0.6 is 23.2 Å². The summed E-state index contributed by atoms with van der Waals surface area (Å²) in [7, 11) is 1.72. The van der Waals surface area contributed by atoms with Gasteiger partial charge < -0.3 is 4.57 Å². The number of rotatable bonds is 0. The maximum Gasteiger partial charge on any atom is 0.201 e. The normalized spacial score (nSPS) is 9.90. The summed E-state index contributed by atoms with van der Waals surface area (Å²) in [5.41, 5.74) is -0.246. The maximum atomic E-state index is 10.8. The van der Waals surface area contributed by atoms with Crippen molar-refractivity contribution in [3.8, 4) is 0 Å². The van der Waals surface area contributed by atoms with Crippen molar-refractivity contribution in [3.05, 3.63) is 32.7 Å². The Labute approximate surface area is 68.0 Å². The van der Waals surface area contributed by atoms with Gasteiger partial charge >= 0.3 is 0 Å². The van der Waals surface area contributed by atoms with Crippen molar-refractivity contribution in [2.45, 2.75) is 0 Å². The van der Waals surface area contributed by atoms with E-state index >= 15 is 0 Å². The van der Waals surface area contributed by atoms with Gasteiger partial charge in [0.05, 0.1) is 0 Å². The summed E-state index contributed by atoms with van der Waals surface area (Å²) < 4.78 is 1.57. The van der Waals surface area contributed by atoms with E-state index in [4.69, 9.17) is 23.2 Å². The zero-order valence-corrected chi connectivity index (χ0v) is 6.78. The fraction of sp³-hybridized carbons (Fsp3) is 0.167. The highest BCUT2D eigenvalue weighted by Gasteiger charge is 2.01. The Kier molecular flexibility index (Phi) is 2.02. The fourth-order valence-electron chi connectivity index (χ4n) is 0.575. The van der Waals surface area contributed by atoms with E-state index in [1.165, 1.54) is 6.07 Å². The Morgan fingerprint density at radius 1 is 1.50 bits per heavy atom. The highest BCUT2D eigenvalue weighted by molar-refractivity contribution is 6.41. The van der Waals surface area contributed by atoms with Gasteiger partial charge in [-0.1, -0.05) is 23.2 Å². The number of nitrogens with zero attached hydrogens (tertiary/aromatic N) is 1. The van der Waals surface area contributed by atoms with Crippen molar-refractivity contribution in [1.82, 2.24) is 4.57 Å². The lowest BCUT2D eigenvalue weighted by Crippen LogP contribution is -2.04. The first-order valence-corrected chi connectivity index (χ1v) is 3.39. The lowest BCUT2D eigenvalue weighted by molar-refractivity contribution is 0.901. The van der Waals surface area contributed by atoms with Crippen molar-refractivity contribution in [3.63, 3.8) is 0 Å². The number of hydrogen-bond donors (Lipinski definition) is 0. The predicted molar refractivity (Wildman–Crippen MR) is 41.7 cm³/mol. The van der Waals surface area contributed by atoms with Crippen molar-refractivity contribution in [2.75, 3.05) is 0 Å². The summed E-state index contributed by atoms with van der Waals surface area (Å²) in [6, 6.07) is 1.37. The third-order valence-electron chi connectivity index (χ3n) is 1.16. The molecule has 0 saturated heterocycles. The molecule has 1 aromatic heterocycles.